The molecule has 0 N–H and O–H groups in total. The number of carbonyl (C=O) groups is 1. The van der Waals surface area contributed by atoms with Crippen LogP contribution in [0.4, 0.5) is 0 Å². The van der Waals surface area contributed by atoms with Crippen LogP contribution in [-0.4, -0.2) is 20.9 Å². The van der Waals surface area contributed by atoms with Crippen LogP contribution >= 0.6 is 11.6 Å². The highest BCUT2D eigenvalue weighted by atomic mass is 35.5. The molecule has 132 valence electrons. The van der Waals surface area contributed by atoms with Gasteiger partial charge in [-0.3, -0.25) is 4.79 Å². The van der Waals surface area contributed by atoms with Crippen molar-refractivity contribution in [1.29, 1.82) is 0 Å². The summed E-state index contributed by atoms with van der Waals surface area (Å²) < 4.78 is 5.48. The van der Waals surface area contributed by atoms with Gasteiger partial charge in [0.1, 0.15) is 6.04 Å². The minimum atomic E-state index is -0.191. The van der Waals surface area contributed by atoms with Crippen molar-refractivity contribution in [3.8, 4) is 11.4 Å². The summed E-state index contributed by atoms with van der Waals surface area (Å²) in [5.41, 5.74) is 3.06. The Hall–Kier alpha value is -2.66. The van der Waals surface area contributed by atoms with Gasteiger partial charge in [-0.15, -0.1) is 0 Å². The Balaban J connectivity index is 1.59. The van der Waals surface area contributed by atoms with E-state index in [4.69, 9.17) is 16.1 Å². The summed E-state index contributed by atoms with van der Waals surface area (Å²) >= 11 is 6.03. The zero-order valence-corrected chi connectivity index (χ0v) is 15.1. The fourth-order valence-corrected chi connectivity index (χ4v) is 3.50. The first-order valence-corrected chi connectivity index (χ1v) is 8.92. The molecule has 0 bridgehead atoms. The van der Waals surface area contributed by atoms with Crippen LogP contribution in [0.15, 0.2) is 53.1 Å². The Morgan fingerprint density at radius 2 is 2.08 bits per heavy atom. The standard InChI is InChI=1S/C20H18ClN3O2/c1-13-4-2-5-14(10-13)12-24-17(8-9-18(24)25)20-22-19(23-26-20)15-6-3-7-16(21)11-15/h2-7,10-11,17H,8-9,12H2,1H3. The van der Waals surface area contributed by atoms with Gasteiger partial charge in [-0.1, -0.05) is 58.7 Å². The molecule has 26 heavy (non-hydrogen) atoms. The van der Waals surface area contributed by atoms with E-state index in [1.165, 1.54) is 5.56 Å². The summed E-state index contributed by atoms with van der Waals surface area (Å²) in [6.45, 7) is 2.59. The number of amides is 1. The van der Waals surface area contributed by atoms with Crippen LogP contribution in [-0.2, 0) is 11.3 Å². The average molecular weight is 368 g/mol. The number of hydrogen-bond donors (Lipinski definition) is 0. The monoisotopic (exact) mass is 367 g/mol. The van der Waals surface area contributed by atoms with Gasteiger partial charge in [0.15, 0.2) is 0 Å². The lowest BCUT2D eigenvalue weighted by molar-refractivity contribution is -0.129. The Morgan fingerprint density at radius 1 is 1.23 bits per heavy atom. The van der Waals surface area contributed by atoms with Crippen molar-refractivity contribution in [3.63, 3.8) is 0 Å². The first-order chi connectivity index (χ1) is 12.6. The van der Waals surface area contributed by atoms with Crippen molar-refractivity contribution >= 4 is 17.5 Å². The van der Waals surface area contributed by atoms with Crippen LogP contribution in [0.2, 0.25) is 5.02 Å². The molecule has 6 heteroatoms. The van der Waals surface area contributed by atoms with Gasteiger partial charge in [0.05, 0.1) is 0 Å². The first kappa shape index (κ1) is 16.8. The van der Waals surface area contributed by atoms with Crippen LogP contribution in [0.3, 0.4) is 0 Å². The zero-order valence-electron chi connectivity index (χ0n) is 14.4. The number of carbonyl (C=O) groups excluding carboxylic acids is 1. The minimum Gasteiger partial charge on any atom is -0.337 e. The summed E-state index contributed by atoms with van der Waals surface area (Å²) in [4.78, 5) is 18.7. The van der Waals surface area contributed by atoms with Crippen LogP contribution in [0.1, 0.15) is 35.9 Å². The van der Waals surface area contributed by atoms with E-state index in [9.17, 15) is 4.79 Å². The fraction of sp³-hybridized carbons (Fsp3) is 0.250. The molecule has 1 amide bonds. The summed E-state index contributed by atoms with van der Waals surface area (Å²) in [5, 5.41) is 4.69. The van der Waals surface area contributed by atoms with Crippen LogP contribution in [0.25, 0.3) is 11.4 Å². The lowest BCUT2D eigenvalue weighted by atomic mass is 10.1. The van der Waals surface area contributed by atoms with E-state index in [0.717, 1.165) is 11.1 Å². The quantitative estimate of drug-likeness (QED) is 0.678. The van der Waals surface area contributed by atoms with E-state index in [0.29, 0.717) is 36.1 Å². The van der Waals surface area contributed by atoms with Gasteiger partial charge in [-0.05, 0) is 31.0 Å². The summed E-state index contributed by atoms with van der Waals surface area (Å²) in [7, 11) is 0. The molecule has 1 unspecified atom stereocenters. The maximum absolute atomic E-state index is 12.4. The van der Waals surface area contributed by atoms with Gasteiger partial charge in [0.25, 0.3) is 0 Å². The lowest BCUT2D eigenvalue weighted by Crippen LogP contribution is -2.27. The highest BCUT2D eigenvalue weighted by Gasteiger charge is 2.36. The van der Waals surface area contributed by atoms with E-state index in [-0.39, 0.29) is 11.9 Å². The molecule has 1 aliphatic rings. The third-order valence-electron chi connectivity index (χ3n) is 4.57. The minimum absolute atomic E-state index is 0.110. The molecule has 2 heterocycles. The Labute approximate surface area is 156 Å². The van der Waals surface area contributed by atoms with E-state index in [1.807, 2.05) is 42.2 Å². The second kappa shape index (κ2) is 6.92. The summed E-state index contributed by atoms with van der Waals surface area (Å²) in [5.74, 6) is 1.06. The van der Waals surface area contributed by atoms with Crippen molar-refractivity contribution < 1.29 is 9.32 Å². The maximum Gasteiger partial charge on any atom is 0.249 e. The molecule has 1 saturated heterocycles. The van der Waals surface area contributed by atoms with Crippen LogP contribution in [0, 0.1) is 6.92 Å². The average Bonchev–Trinajstić information content (AvgIpc) is 3.23. The summed E-state index contributed by atoms with van der Waals surface area (Å²) in [6, 6.07) is 15.3. The highest BCUT2D eigenvalue weighted by molar-refractivity contribution is 6.30. The van der Waals surface area contributed by atoms with Crippen molar-refractivity contribution in [3.05, 3.63) is 70.6 Å². The predicted molar refractivity (Wildman–Crippen MR) is 98.4 cm³/mol. The molecule has 0 radical (unpaired) electrons. The molecule has 1 fully saturated rings. The SMILES string of the molecule is Cc1cccc(CN2C(=O)CCC2c2nc(-c3cccc(Cl)c3)no2)c1. The topological polar surface area (TPSA) is 59.2 Å². The first-order valence-electron chi connectivity index (χ1n) is 8.55. The number of likely N-dealkylation sites (tertiary alicyclic amines) is 1. The number of nitrogens with zero attached hydrogens (tertiary/aromatic N) is 3. The second-order valence-electron chi connectivity index (χ2n) is 6.53. The van der Waals surface area contributed by atoms with Crippen molar-refractivity contribution in [2.75, 3.05) is 0 Å². The molecule has 2 aromatic carbocycles. The molecule has 1 aromatic heterocycles. The van der Waals surface area contributed by atoms with Crippen LogP contribution < -0.4 is 0 Å². The van der Waals surface area contributed by atoms with Gasteiger partial charge in [0, 0.05) is 23.6 Å². The molecule has 4 rings (SSSR count). The number of benzene rings is 2. The third kappa shape index (κ3) is 3.35. The Kier molecular flexibility index (Phi) is 4.47. The largest absolute Gasteiger partial charge is 0.337 e. The smallest absolute Gasteiger partial charge is 0.249 e. The van der Waals surface area contributed by atoms with E-state index in [1.54, 1.807) is 12.1 Å². The molecule has 0 aliphatic carbocycles. The van der Waals surface area contributed by atoms with E-state index >= 15 is 0 Å². The number of rotatable bonds is 4. The van der Waals surface area contributed by atoms with Crippen molar-refractivity contribution in [2.45, 2.75) is 32.4 Å². The van der Waals surface area contributed by atoms with Gasteiger partial charge in [-0.25, -0.2) is 0 Å². The Morgan fingerprint density at radius 3 is 2.88 bits per heavy atom. The number of halogens is 1. The molecule has 3 aromatic rings. The predicted octanol–water partition coefficient (Wildman–Crippen LogP) is 4.56. The molecule has 0 saturated carbocycles. The molecule has 1 atom stereocenters. The second-order valence-corrected chi connectivity index (χ2v) is 6.97. The number of aromatic nitrogens is 2. The molecule has 0 spiro atoms. The van der Waals surface area contributed by atoms with Crippen molar-refractivity contribution in [1.82, 2.24) is 15.0 Å². The van der Waals surface area contributed by atoms with E-state index < -0.39 is 0 Å². The molecular weight excluding hydrogens is 350 g/mol. The third-order valence-corrected chi connectivity index (χ3v) is 4.81. The van der Waals surface area contributed by atoms with Crippen molar-refractivity contribution in [2.24, 2.45) is 0 Å². The van der Waals surface area contributed by atoms with Gasteiger partial charge < -0.3 is 9.42 Å². The number of aryl methyl sites for hydroxylation is 1. The van der Waals surface area contributed by atoms with Crippen LogP contribution in [0.5, 0.6) is 0 Å². The zero-order chi connectivity index (χ0) is 18.1. The molecule has 5 nitrogen and oxygen atoms in total. The van der Waals surface area contributed by atoms with Gasteiger partial charge in [-0.2, -0.15) is 4.98 Å². The highest BCUT2D eigenvalue weighted by Crippen LogP contribution is 2.34. The summed E-state index contributed by atoms with van der Waals surface area (Å²) in [6.07, 6.45) is 1.17. The molecular formula is C20H18ClN3O2. The lowest BCUT2D eigenvalue weighted by Gasteiger charge is -2.22. The normalized spacial score (nSPS) is 17.1. The maximum atomic E-state index is 12.4. The van der Waals surface area contributed by atoms with Gasteiger partial charge in [0.2, 0.25) is 17.6 Å². The fourth-order valence-electron chi connectivity index (χ4n) is 3.31. The molecule has 1 aliphatic heterocycles. The van der Waals surface area contributed by atoms with E-state index in [2.05, 4.69) is 16.2 Å². The Bertz CT molecular complexity index is 953. The number of hydrogen-bond acceptors (Lipinski definition) is 4. The van der Waals surface area contributed by atoms with Gasteiger partial charge >= 0.3 is 0 Å².